The minimum Gasteiger partial charge on any atom is -0.487 e. The number of carbonyl (C=O) groups is 1. The van der Waals surface area contributed by atoms with E-state index in [1.807, 2.05) is 37.3 Å². The molecule has 2 aromatic rings. The van der Waals surface area contributed by atoms with Crippen LogP contribution in [0.4, 0.5) is 5.69 Å². The van der Waals surface area contributed by atoms with Gasteiger partial charge in [-0.2, -0.15) is 0 Å². The third kappa shape index (κ3) is 5.06. The summed E-state index contributed by atoms with van der Waals surface area (Å²) in [5.41, 5.74) is 0.924. The van der Waals surface area contributed by atoms with Crippen LogP contribution in [0.3, 0.4) is 0 Å². The molecule has 0 aliphatic heterocycles. The number of hydrogen-bond donors (Lipinski definition) is 1. The molecule has 0 bridgehead atoms. The van der Waals surface area contributed by atoms with Crippen molar-refractivity contribution in [2.45, 2.75) is 50.5 Å². The van der Waals surface area contributed by atoms with E-state index in [0.717, 1.165) is 37.7 Å². The fourth-order valence-electron chi connectivity index (χ4n) is 4.03. The first-order chi connectivity index (χ1) is 14.0. The first kappa shape index (κ1) is 21.9. The van der Waals surface area contributed by atoms with Crippen LogP contribution >= 0.6 is 23.2 Å². The monoisotopic (exact) mass is 435 g/mol. The maximum Gasteiger partial charge on any atom is 0.235 e. The number of anilines is 1. The molecule has 1 unspecified atom stereocenters. The molecular formula is C23H27Cl2NO3. The van der Waals surface area contributed by atoms with Gasteiger partial charge in [-0.3, -0.25) is 4.79 Å². The number of carbonyl (C=O) groups excluding carboxylic acids is 1. The van der Waals surface area contributed by atoms with Crippen molar-refractivity contribution in [1.82, 2.24) is 0 Å². The molecule has 1 N–H and O–H groups in total. The smallest absolute Gasteiger partial charge is 0.235 e. The van der Waals surface area contributed by atoms with Crippen LogP contribution in [0.15, 0.2) is 42.5 Å². The lowest BCUT2D eigenvalue weighted by molar-refractivity contribution is -0.122. The lowest BCUT2D eigenvalue weighted by atomic mass is 9.68. The predicted octanol–water partition coefficient (Wildman–Crippen LogP) is 6.25. The van der Waals surface area contributed by atoms with Crippen molar-refractivity contribution in [2.24, 2.45) is 0 Å². The summed E-state index contributed by atoms with van der Waals surface area (Å²) in [6.45, 7) is 2.38. The molecular weight excluding hydrogens is 409 g/mol. The Morgan fingerprint density at radius 2 is 1.83 bits per heavy atom. The molecule has 1 aliphatic rings. The first-order valence-electron chi connectivity index (χ1n) is 9.98. The van der Waals surface area contributed by atoms with Gasteiger partial charge in [-0.15, -0.1) is 0 Å². The van der Waals surface area contributed by atoms with Crippen LogP contribution in [-0.2, 0) is 14.9 Å². The molecule has 3 rings (SSSR count). The van der Waals surface area contributed by atoms with Gasteiger partial charge in [0.2, 0.25) is 5.91 Å². The second-order valence-electron chi connectivity index (χ2n) is 7.61. The van der Waals surface area contributed by atoms with Crippen molar-refractivity contribution in [2.75, 3.05) is 19.0 Å². The summed E-state index contributed by atoms with van der Waals surface area (Å²) in [7, 11) is 1.63. The molecule has 156 valence electrons. The number of ether oxygens (including phenoxy) is 2. The first-order valence-corrected chi connectivity index (χ1v) is 10.7. The average Bonchev–Trinajstić information content (AvgIpc) is 2.71. The Morgan fingerprint density at radius 3 is 2.48 bits per heavy atom. The highest BCUT2D eigenvalue weighted by Gasteiger charge is 2.42. The van der Waals surface area contributed by atoms with Crippen molar-refractivity contribution >= 4 is 34.8 Å². The molecule has 1 atom stereocenters. The second kappa shape index (κ2) is 9.84. The van der Waals surface area contributed by atoms with Crippen LogP contribution < -0.4 is 10.1 Å². The maximum atomic E-state index is 13.4. The van der Waals surface area contributed by atoms with Crippen molar-refractivity contribution in [3.63, 3.8) is 0 Å². The Morgan fingerprint density at radius 1 is 1.10 bits per heavy atom. The molecule has 1 fully saturated rings. The molecule has 0 radical (unpaired) electrons. The van der Waals surface area contributed by atoms with Gasteiger partial charge in [0, 0.05) is 17.8 Å². The van der Waals surface area contributed by atoms with E-state index in [1.165, 1.54) is 0 Å². The van der Waals surface area contributed by atoms with Crippen LogP contribution in [0.2, 0.25) is 10.0 Å². The Labute approximate surface area is 182 Å². The highest BCUT2D eigenvalue weighted by molar-refractivity contribution is 6.32. The standard InChI is InChI=1S/C23H27Cl2NO3/c1-16(15-28-2)29-21-11-10-17(14-20(21)25)26-22(27)23(12-6-3-7-13-23)18-8-4-5-9-19(18)24/h4-5,8-11,14,16H,3,6-7,12-13,15H2,1-2H3,(H,26,27). The molecule has 2 aromatic carbocycles. The molecule has 4 nitrogen and oxygen atoms in total. The normalized spacial score (nSPS) is 16.8. The fraction of sp³-hybridized carbons (Fsp3) is 0.435. The number of hydrogen-bond acceptors (Lipinski definition) is 3. The molecule has 6 heteroatoms. The molecule has 0 spiro atoms. The summed E-state index contributed by atoms with van der Waals surface area (Å²) in [6.07, 6.45) is 4.59. The minimum atomic E-state index is -0.620. The number of amides is 1. The second-order valence-corrected chi connectivity index (χ2v) is 8.42. The third-order valence-electron chi connectivity index (χ3n) is 5.45. The van der Waals surface area contributed by atoms with Crippen LogP contribution in [0, 0.1) is 0 Å². The highest BCUT2D eigenvalue weighted by atomic mass is 35.5. The van der Waals surface area contributed by atoms with Gasteiger partial charge in [0.1, 0.15) is 11.9 Å². The summed E-state index contributed by atoms with van der Waals surface area (Å²) >= 11 is 12.9. The quantitative estimate of drug-likeness (QED) is 0.558. The van der Waals surface area contributed by atoms with Crippen molar-refractivity contribution in [1.29, 1.82) is 0 Å². The summed E-state index contributed by atoms with van der Waals surface area (Å²) in [6, 6.07) is 12.9. The zero-order valence-electron chi connectivity index (χ0n) is 16.8. The van der Waals surface area contributed by atoms with Crippen LogP contribution in [-0.4, -0.2) is 25.7 Å². The van der Waals surface area contributed by atoms with Gasteiger partial charge in [-0.05, 0) is 49.6 Å². The Kier molecular flexibility index (Phi) is 7.44. The van der Waals surface area contributed by atoms with Gasteiger partial charge < -0.3 is 14.8 Å². The van der Waals surface area contributed by atoms with Crippen LogP contribution in [0.1, 0.15) is 44.6 Å². The van der Waals surface area contributed by atoms with Gasteiger partial charge >= 0.3 is 0 Å². The molecule has 1 amide bonds. The lowest BCUT2D eigenvalue weighted by Gasteiger charge is -2.37. The summed E-state index contributed by atoms with van der Waals surface area (Å²) in [5.74, 6) is 0.524. The minimum absolute atomic E-state index is 0.0391. The third-order valence-corrected chi connectivity index (χ3v) is 6.08. The van der Waals surface area contributed by atoms with E-state index in [2.05, 4.69) is 5.32 Å². The molecule has 0 heterocycles. The van der Waals surface area contributed by atoms with E-state index < -0.39 is 5.41 Å². The zero-order chi connectivity index (χ0) is 20.9. The summed E-state index contributed by atoms with van der Waals surface area (Å²) in [5, 5.41) is 4.15. The molecule has 0 aromatic heterocycles. The zero-order valence-corrected chi connectivity index (χ0v) is 18.4. The maximum absolute atomic E-state index is 13.4. The number of methoxy groups -OCH3 is 1. The number of benzene rings is 2. The molecule has 1 saturated carbocycles. The number of nitrogens with one attached hydrogen (secondary N) is 1. The van der Waals surface area contributed by atoms with Gasteiger partial charge in [0.15, 0.2) is 0 Å². The average molecular weight is 436 g/mol. The Bertz CT molecular complexity index is 850. The van der Waals surface area contributed by atoms with Gasteiger partial charge in [0.05, 0.1) is 17.0 Å². The fourth-order valence-corrected chi connectivity index (χ4v) is 4.58. The summed E-state index contributed by atoms with van der Waals surface area (Å²) in [4.78, 5) is 13.4. The Balaban J connectivity index is 1.82. The molecule has 29 heavy (non-hydrogen) atoms. The predicted molar refractivity (Wildman–Crippen MR) is 118 cm³/mol. The van der Waals surface area contributed by atoms with Crippen molar-refractivity contribution in [3.8, 4) is 5.75 Å². The SMILES string of the molecule is COCC(C)Oc1ccc(NC(=O)C2(c3ccccc3Cl)CCCCC2)cc1Cl. The van der Waals surface area contributed by atoms with E-state index in [0.29, 0.717) is 28.1 Å². The van der Waals surface area contributed by atoms with Crippen molar-refractivity contribution < 1.29 is 14.3 Å². The summed E-state index contributed by atoms with van der Waals surface area (Å²) < 4.78 is 10.9. The van der Waals surface area contributed by atoms with E-state index in [-0.39, 0.29) is 12.0 Å². The lowest BCUT2D eigenvalue weighted by Crippen LogP contribution is -2.42. The van der Waals surface area contributed by atoms with Gasteiger partial charge in [-0.1, -0.05) is 60.7 Å². The van der Waals surface area contributed by atoms with E-state index in [9.17, 15) is 4.79 Å². The number of halogens is 2. The van der Waals surface area contributed by atoms with E-state index >= 15 is 0 Å². The largest absolute Gasteiger partial charge is 0.487 e. The van der Waals surface area contributed by atoms with Crippen LogP contribution in [0.25, 0.3) is 0 Å². The topological polar surface area (TPSA) is 47.6 Å². The Hall–Kier alpha value is -1.75. The van der Waals surface area contributed by atoms with Crippen LogP contribution in [0.5, 0.6) is 5.75 Å². The van der Waals surface area contributed by atoms with E-state index in [4.69, 9.17) is 32.7 Å². The van der Waals surface area contributed by atoms with E-state index in [1.54, 1.807) is 19.2 Å². The molecule has 1 aliphatic carbocycles. The molecule has 0 saturated heterocycles. The van der Waals surface area contributed by atoms with Crippen molar-refractivity contribution in [3.05, 3.63) is 58.1 Å². The van der Waals surface area contributed by atoms with Gasteiger partial charge in [0.25, 0.3) is 0 Å². The number of rotatable bonds is 7. The van der Waals surface area contributed by atoms with Gasteiger partial charge in [-0.25, -0.2) is 0 Å². The highest BCUT2D eigenvalue weighted by Crippen LogP contribution is 2.43.